The van der Waals surface area contributed by atoms with Crippen LogP contribution in [0.5, 0.6) is 5.75 Å². The first-order valence-corrected chi connectivity index (χ1v) is 8.13. The third kappa shape index (κ3) is 4.82. The van der Waals surface area contributed by atoms with E-state index in [0.29, 0.717) is 6.54 Å². The molecule has 5 nitrogen and oxygen atoms in total. The fourth-order valence-electron chi connectivity index (χ4n) is 2.00. The van der Waals surface area contributed by atoms with Crippen LogP contribution in [0.3, 0.4) is 0 Å². The molecule has 0 aliphatic heterocycles. The summed E-state index contributed by atoms with van der Waals surface area (Å²) in [6.45, 7) is 3.53. The summed E-state index contributed by atoms with van der Waals surface area (Å²) in [6, 6.07) is 7.61. The van der Waals surface area contributed by atoms with Crippen LogP contribution in [0.4, 0.5) is 0 Å². The molecule has 2 rings (SSSR count). The molecule has 2 heterocycles. The van der Waals surface area contributed by atoms with Crippen LogP contribution >= 0.6 is 11.3 Å². The quantitative estimate of drug-likeness (QED) is 0.734. The van der Waals surface area contributed by atoms with Gasteiger partial charge in [-0.3, -0.25) is 9.78 Å². The Kier molecular flexibility index (Phi) is 6.36. The van der Waals surface area contributed by atoms with Gasteiger partial charge in [-0.05, 0) is 37.4 Å². The Morgan fingerprint density at radius 2 is 2.27 bits per heavy atom. The Labute approximate surface area is 134 Å². The summed E-state index contributed by atoms with van der Waals surface area (Å²) in [5, 5.41) is 8.21. The minimum Gasteiger partial charge on any atom is -0.497 e. The van der Waals surface area contributed by atoms with Crippen LogP contribution in [0.15, 0.2) is 35.8 Å². The van der Waals surface area contributed by atoms with E-state index in [1.165, 1.54) is 11.3 Å². The zero-order chi connectivity index (χ0) is 15.8. The summed E-state index contributed by atoms with van der Waals surface area (Å²) in [7, 11) is 1.65. The molecule has 0 radical (unpaired) electrons. The number of nitrogens with one attached hydrogen (secondary N) is 2. The molecule has 22 heavy (non-hydrogen) atoms. The monoisotopic (exact) mass is 319 g/mol. The lowest BCUT2D eigenvalue weighted by atomic mass is 10.2. The van der Waals surface area contributed by atoms with Gasteiger partial charge in [0.15, 0.2) is 0 Å². The van der Waals surface area contributed by atoms with Gasteiger partial charge in [-0.25, -0.2) is 0 Å². The summed E-state index contributed by atoms with van der Waals surface area (Å²) in [5.41, 5.74) is 0.946. The highest BCUT2D eigenvalue weighted by Gasteiger charge is 2.08. The first kappa shape index (κ1) is 16.5. The molecule has 0 bridgehead atoms. The Morgan fingerprint density at radius 3 is 3.00 bits per heavy atom. The maximum Gasteiger partial charge on any atom is 0.261 e. The van der Waals surface area contributed by atoms with Crippen molar-refractivity contribution in [3.8, 4) is 5.75 Å². The number of carbonyl (C=O) groups excluding carboxylic acids is 1. The Bertz CT molecular complexity index is 587. The van der Waals surface area contributed by atoms with Crippen molar-refractivity contribution in [2.45, 2.75) is 19.4 Å². The van der Waals surface area contributed by atoms with Crippen molar-refractivity contribution in [1.82, 2.24) is 15.6 Å². The van der Waals surface area contributed by atoms with Crippen LogP contribution in [-0.2, 0) is 0 Å². The molecule has 1 atom stereocenters. The van der Waals surface area contributed by atoms with E-state index in [2.05, 4.69) is 22.5 Å². The van der Waals surface area contributed by atoms with Gasteiger partial charge in [0.2, 0.25) is 0 Å². The second-order valence-electron chi connectivity index (χ2n) is 4.88. The van der Waals surface area contributed by atoms with Crippen LogP contribution in [0.1, 0.15) is 34.8 Å². The predicted octanol–water partition coefficient (Wildman–Crippen LogP) is 2.62. The van der Waals surface area contributed by atoms with Gasteiger partial charge >= 0.3 is 0 Å². The second kappa shape index (κ2) is 8.51. The molecule has 0 spiro atoms. The molecule has 1 amide bonds. The van der Waals surface area contributed by atoms with E-state index in [4.69, 9.17) is 4.74 Å². The molecule has 0 aliphatic carbocycles. The Morgan fingerprint density at radius 1 is 1.41 bits per heavy atom. The lowest BCUT2D eigenvalue weighted by Crippen LogP contribution is -2.28. The van der Waals surface area contributed by atoms with Gasteiger partial charge in [-0.2, -0.15) is 0 Å². The Hall–Kier alpha value is -1.92. The van der Waals surface area contributed by atoms with Crippen LogP contribution in [0.25, 0.3) is 0 Å². The molecule has 118 valence electrons. The number of ether oxygens (including phenoxy) is 1. The fraction of sp³-hybridized carbons (Fsp3) is 0.375. The van der Waals surface area contributed by atoms with Crippen molar-refractivity contribution in [3.05, 3.63) is 46.4 Å². The second-order valence-corrected chi connectivity index (χ2v) is 5.83. The minimum absolute atomic E-state index is 0.00230. The SMILES string of the molecule is COc1ccnc(C(C)NCCCNC(=O)c2cccs2)c1. The van der Waals surface area contributed by atoms with E-state index in [1.807, 2.05) is 29.6 Å². The third-order valence-corrected chi connectivity index (χ3v) is 4.14. The average molecular weight is 319 g/mol. The predicted molar refractivity (Wildman–Crippen MR) is 88.5 cm³/mol. The summed E-state index contributed by atoms with van der Waals surface area (Å²) < 4.78 is 5.20. The smallest absolute Gasteiger partial charge is 0.261 e. The van der Waals surface area contributed by atoms with Crippen molar-refractivity contribution in [2.75, 3.05) is 20.2 Å². The zero-order valence-electron chi connectivity index (χ0n) is 12.8. The lowest BCUT2D eigenvalue weighted by Gasteiger charge is -2.14. The van der Waals surface area contributed by atoms with Crippen molar-refractivity contribution in [1.29, 1.82) is 0 Å². The van der Waals surface area contributed by atoms with Crippen molar-refractivity contribution >= 4 is 17.2 Å². The van der Waals surface area contributed by atoms with Gasteiger partial charge in [0.25, 0.3) is 5.91 Å². The lowest BCUT2D eigenvalue weighted by molar-refractivity contribution is 0.0957. The molecule has 0 saturated heterocycles. The molecule has 0 saturated carbocycles. The third-order valence-electron chi connectivity index (χ3n) is 3.27. The number of carbonyl (C=O) groups is 1. The van der Waals surface area contributed by atoms with Crippen LogP contribution < -0.4 is 15.4 Å². The molecule has 2 aromatic heterocycles. The summed E-state index contributed by atoms with van der Waals surface area (Å²) >= 11 is 1.45. The van der Waals surface area contributed by atoms with Gasteiger partial charge < -0.3 is 15.4 Å². The Balaban J connectivity index is 1.66. The molecule has 2 N–H and O–H groups in total. The number of rotatable bonds is 8. The zero-order valence-corrected chi connectivity index (χ0v) is 13.7. The number of hydrogen-bond donors (Lipinski definition) is 2. The van der Waals surface area contributed by atoms with Crippen molar-refractivity contribution < 1.29 is 9.53 Å². The van der Waals surface area contributed by atoms with E-state index in [1.54, 1.807) is 13.3 Å². The normalized spacial score (nSPS) is 11.9. The summed E-state index contributed by atoms with van der Waals surface area (Å²) in [4.78, 5) is 16.8. The van der Waals surface area contributed by atoms with E-state index in [-0.39, 0.29) is 11.9 Å². The van der Waals surface area contributed by atoms with Crippen LogP contribution in [0, 0.1) is 0 Å². The van der Waals surface area contributed by atoms with E-state index in [0.717, 1.165) is 29.3 Å². The molecule has 0 aliphatic rings. The van der Waals surface area contributed by atoms with Gasteiger partial charge in [0.05, 0.1) is 17.7 Å². The molecular weight excluding hydrogens is 298 g/mol. The average Bonchev–Trinajstić information content (AvgIpc) is 3.08. The van der Waals surface area contributed by atoms with E-state index in [9.17, 15) is 4.79 Å². The van der Waals surface area contributed by atoms with E-state index < -0.39 is 0 Å². The molecule has 1 unspecified atom stereocenters. The maximum atomic E-state index is 11.7. The number of amides is 1. The maximum absolute atomic E-state index is 11.7. The van der Waals surface area contributed by atoms with Gasteiger partial charge in [0.1, 0.15) is 5.75 Å². The van der Waals surface area contributed by atoms with Crippen LogP contribution in [0.2, 0.25) is 0 Å². The molecule has 6 heteroatoms. The fourth-order valence-corrected chi connectivity index (χ4v) is 2.64. The molecular formula is C16H21N3O2S. The highest BCUT2D eigenvalue weighted by atomic mass is 32.1. The standard InChI is InChI=1S/C16H21N3O2S/c1-12(14-11-13(21-2)6-9-18-14)17-7-4-8-19-16(20)15-5-3-10-22-15/h3,5-6,9-12,17H,4,7-8H2,1-2H3,(H,19,20). The van der Waals surface area contributed by atoms with Gasteiger partial charge in [-0.1, -0.05) is 6.07 Å². The number of aromatic nitrogens is 1. The van der Waals surface area contributed by atoms with Crippen molar-refractivity contribution in [3.63, 3.8) is 0 Å². The topological polar surface area (TPSA) is 63.2 Å². The number of hydrogen-bond acceptors (Lipinski definition) is 5. The number of thiophene rings is 1. The summed E-state index contributed by atoms with van der Waals surface area (Å²) in [5.74, 6) is 0.805. The molecule has 0 fully saturated rings. The first-order chi connectivity index (χ1) is 10.7. The van der Waals surface area contributed by atoms with Crippen molar-refractivity contribution in [2.24, 2.45) is 0 Å². The summed E-state index contributed by atoms with van der Waals surface area (Å²) in [6.07, 6.45) is 2.61. The highest BCUT2D eigenvalue weighted by molar-refractivity contribution is 7.12. The minimum atomic E-state index is -0.00230. The number of pyridine rings is 1. The first-order valence-electron chi connectivity index (χ1n) is 7.25. The van der Waals surface area contributed by atoms with Crippen LogP contribution in [-0.4, -0.2) is 31.1 Å². The van der Waals surface area contributed by atoms with E-state index >= 15 is 0 Å². The molecule has 2 aromatic rings. The highest BCUT2D eigenvalue weighted by Crippen LogP contribution is 2.15. The largest absolute Gasteiger partial charge is 0.497 e. The van der Waals surface area contributed by atoms with Gasteiger partial charge in [-0.15, -0.1) is 11.3 Å². The molecule has 0 aromatic carbocycles. The number of nitrogens with zero attached hydrogens (tertiary/aromatic N) is 1. The van der Waals surface area contributed by atoms with Gasteiger partial charge in [0, 0.05) is 24.8 Å². The number of methoxy groups -OCH3 is 1.